The summed E-state index contributed by atoms with van der Waals surface area (Å²) in [6.45, 7) is 14.0. The number of nitrogens with two attached hydrogens (primary N) is 1. The summed E-state index contributed by atoms with van der Waals surface area (Å²) in [7, 11) is 2.44. The molecule has 5 N–H and O–H groups in total. The Labute approximate surface area is 326 Å². The number of anilines is 2. The van der Waals surface area contributed by atoms with Gasteiger partial charge in [-0.15, -0.1) is 0 Å². The van der Waals surface area contributed by atoms with Crippen molar-refractivity contribution in [2.45, 2.75) is 0 Å². The zero-order valence-electron chi connectivity index (χ0n) is 29.7. The molecular weight excluding hydrogens is 820 g/mol. The fourth-order valence-corrected chi connectivity index (χ4v) is 5.22. The molecule has 296 valence electrons. The molecule has 4 aromatic heterocycles. The van der Waals surface area contributed by atoms with E-state index >= 15 is 0 Å². The summed E-state index contributed by atoms with van der Waals surface area (Å²) in [5.74, 6) is -6.49. The van der Waals surface area contributed by atoms with Gasteiger partial charge in [-0.05, 0) is 36.4 Å². The van der Waals surface area contributed by atoms with Gasteiger partial charge in [-0.2, -0.15) is 25.4 Å². The molecule has 0 fully saturated rings. The molecule has 0 bridgehead atoms. The lowest BCUT2D eigenvalue weighted by Gasteiger charge is -2.15. The Balaban J connectivity index is 0.000000221. The zero-order valence-corrected chi connectivity index (χ0v) is 32.1. The summed E-state index contributed by atoms with van der Waals surface area (Å²) in [5.41, 5.74) is 3.75. The number of rotatable bonds is 8. The van der Waals surface area contributed by atoms with Crippen LogP contribution in [0.25, 0.3) is 31.8 Å². The number of benzene rings is 2. The van der Waals surface area contributed by atoms with Crippen LogP contribution in [0.3, 0.4) is 0 Å². The van der Waals surface area contributed by atoms with Crippen molar-refractivity contribution in [2.24, 2.45) is 0 Å². The first-order valence-electron chi connectivity index (χ1n) is 15.4. The number of hydrogen-bond donors (Lipinski definition) is 4. The van der Waals surface area contributed by atoms with Gasteiger partial charge >= 0.3 is 10.2 Å². The van der Waals surface area contributed by atoms with E-state index in [0.717, 1.165) is 32.9 Å². The van der Waals surface area contributed by atoms with E-state index in [0.29, 0.717) is 11.0 Å². The van der Waals surface area contributed by atoms with Crippen LogP contribution >= 0.6 is 10.7 Å². The van der Waals surface area contributed by atoms with Gasteiger partial charge in [0.05, 0.1) is 35.6 Å². The Morgan fingerprint density at radius 2 is 1.18 bits per heavy atom. The number of hydrogen-bond acceptors (Lipinski definition) is 9. The quantitative estimate of drug-likeness (QED) is 0.0459. The SMILES string of the molecule is CN(C)S(=O)(=O)Cl.[C-]#[N+]c1cnc2[nH]cc(C(=O)c3c(F)ccc(N)c3F)c2c1.[C-]#[N+]c1cnc2[nH]cc(C(=O)c3c(F)ccc(NS(=O)(=O)N(C)C)c3F)c2c1. The Kier molecular flexibility index (Phi) is 13.0. The molecule has 23 heteroatoms. The maximum Gasteiger partial charge on any atom is 0.301 e. The largest absolute Gasteiger partial charge is 0.396 e. The number of carbonyl (C=O) groups is 2. The molecule has 0 aliphatic carbocycles. The lowest BCUT2D eigenvalue weighted by atomic mass is 10.0. The highest BCUT2D eigenvalue weighted by molar-refractivity contribution is 8.11. The molecule has 0 radical (unpaired) electrons. The van der Waals surface area contributed by atoms with Crippen LogP contribution in [0.5, 0.6) is 0 Å². The molecule has 16 nitrogen and oxygen atoms in total. The molecule has 0 aliphatic rings. The first kappa shape index (κ1) is 43.3. The number of nitrogens with one attached hydrogen (secondary N) is 3. The van der Waals surface area contributed by atoms with Crippen molar-refractivity contribution in [3.8, 4) is 0 Å². The van der Waals surface area contributed by atoms with E-state index in [1.165, 1.54) is 65.1 Å². The second kappa shape index (κ2) is 17.2. The van der Waals surface area contributed by atoms with Crippen molar-refractivity contribution in [1.29, 1.82) is 0 Å². The molecule has 0 spiro atoms. The molecule has 0 aliphatic heterocycles. The number of pyridine rings is 2. The lowest BCUT2D eigenvalue weighted by Crippen LogP contribution is -2.29. The van der Waals surface area contributed by atoms with E-state index < -0.39 is 71.1 Å². The van der Waals surface area contributed by atoms with Crippen LogP contribution in [-0.2, 0) is 19.4 Å². The van der Waals surface area contributed by atoms with E-state index in [1.807, 2.05) is 4.72 Å². The number of nitrogens with zero attached hydrogens (tertiary/aromatic N) is 6. The van der Waals surface area contributed by atoms with E-state index in [9.17, 15) is 44.0 Å². The van der Waals surface area contributed by atoms with Crippen LogP contribution < -0.4 is 10.5 Å². The number of ketones is 2. The minimum Gasteiger partial charge on any atom is -0.396 e. The predicted octanol–water partition coefficient (Wildman–Crippen LogP) is 6.08. The number of H-pyrrole nitrogens is 2. The predicted molar refractivity (Wildman–Crippen MR) is 203 cm³/mol. The third-order valence-corrected chi connectivity index (χ3v) is 10.7. The number of aromatic amines is 2. The average Bonchev–Trinajstić information content (AvgIpc) is 3.78. The summed E-state index contributed by atoms with van der Waals surface area (Å²) < 4.78 is 105. The molecule has 0 amide bonds. The third-order valence-electron chi connectivity index (χ3n) is 7.60. The fourth-order valence-electron chi connectivity index (χ4n) is 4.60. The number of carbonyl (C=O) groups excluding carboxylic acids is 2. The number of aromatic nitrogens is 4. The van der Waals surface area contributed by atoms with Gasteiger partial charge in [-0.25, -0.2) is 27.3 Å². The van der Waals surface area contributed by atoms with Crippen molar-refractivity contribution in [1.82, 2.24) is 28.5 Å². The van der Waals surface area contributed by atoms with Gasteiger partial charge in [0.25, 0.3) is 9.24 Å². The van der Waals surface area contributed by atoms with Crippen molar-refractivity contribution in [3.05, 3.63) is 130 Å². The Morgan fingerprint density at radius 3 is 1.58 bits per heavy atom. The van der Waals surface area contributed by atoms with Gasteiger partial charge in [-0.3, -0.25) is 24.3 Å². The van der Waals surface area contributed by atoms with Crippen LogP contribution in [0.15, 0.2) is 61.2 Å². The smallest absolute Gasteiger partial charge is 0.301 e. The first-order valence-corrected chi connectivity index (χ1v) is 19.2. The second-order valence-electron chi connectivity index (χ2n) is 11.7. The van der Waals surface area contributed by atoms with Crippen molar-refractivity contribution in [3.63, 3.8) is 0 Å². The summed E-state index contributed by atoms with van der Waals surface area (Å²) in [5, 5.41) is 0.538. The molecule has 57 heavy (non-hydrogen) atoms. The maximum absolute atomic E-state index is 14.8. The normalized spacial score (nSPS) is 11.3. The Hall–Kier alpha value is -6.43. The topological polar surface area (TPSA) is 213 Å². The highest BCUT2D eigenvalue weighted by Gasteiger charge is 2.27. The minimum atomic E-state index is -4.07. The summed E-state index contributed by atoms with van der Waals surface area (Å²) in [4.78, 5) is 45.1. The summed E-state index contributed by atoms with van der Waals surface area (Å²) in [6, 6.07) is 6.46. The van der Waals surface area contributed by atoms with Crippen LogP contribution in [0.2, 0.25) is 0 Å². The van der Waals surface area contributed by atoms with Crippen molar-refractivity contribution in [2.75, 3.05) is 38.6 Å². The molecule has 0 saturated heterocycles. The maximum atomic E-state index is 14.8. The van der Waals surface area contributed by atoms with Crippen LogP contribution in [0.4, 0.5) is 40.3 Å². The molecule has 6 rings (SSSR count). The third kappa shape index (κ3) is 9.52. The lowest BCUT2D eigenvalue weighted by molar-refractivity contribution is 0.102. The Morgan fingerprint density at radius 1 is 0.754 bits per heavy atom. The van der Waals surface area contributed by atoms with Crippen molar-refractivity contribution < 1.29 is 44.0 Å². The minimum absolute atomic E-state index is 0.0244. The van der Waals surface area contributed by atoms with Crippen LogP contribution in [0.1, 0.15) is 31.8 Å². The fraction of sp³-hybridized carbons (Fsp3) is 0.118. The first-order chi connectivity index (χ1) is 26.6. The van der Waals surface area contributed by atoms with Gasteiger partial charge in [-0.1, -0.05) is 0 Å². The number of halogens is 5. The van der Waals surface area contributed by atoms with Crippen LogP contribution in [-0.4, -0.2) is 85.1 Å². The highest BCUT2D eigenvalue weighted by Crippen LogP contribution is 2.30. The second-order valence-corrected chi connectivity index (χ2v) is 16.3. The van der Waals surface area contributed by atoms with E-state index in [4.69, 9.17) is 29.6 Å². The monoisotopic (exact) mass is 846 g/mol. The van der Waals surface area contributed by atoms with Gasteiger partial charge in [0.1, 0.15) is 22.9 Å². The van der Waals surface area contributed by atoms with E-state index in [-0.39, 0.29) is 39.2 Å². The van der Waals surface area contributed by atoms with Crippen molar-refractivity contribution >= 4 is 86.5 Å². The molecule has 6 aromatic rings. The molecule has 4 heterocycles. The molecule has 0 saturated carbocycles. The van der Waals surface area contributed by atoms with E-state index in [2.05, 4.69) is 29.6 Å². The molecular formula is C34H27ClF4N10O6S2. The zero-order chi connectivity index (χ0) is 42.6. The van der Waals surface area contributed by atoms with Gasteiger partial charge in [0.2, 0.25) is 22.9 Å². The van der Waals surface area contributed by atoms with E-state index in [1.54, 1.807) is 0 Å². The van der Waals surface area contributed by atoms with Crippen LogP contribution in [0, 0.1) is 36.4 Å². The standard InChI is InChI=1S/C17H13F2N5O3S.C15H8F2N4O.C2H6ClNO2S/c1-20-9-6-10-11(8-22-17(10)21-7-9)16(25)14-12(18)4-5-13(15(14)19)23-28(26,27)24(2)3;1-19-7-4-8-9(6-21-15(8)20-5-7)14(22)12-10(16)2-3-11(18)13(12)17;1-4(2)7(3,5)6/h4-8,23H,2-3H3,(H,21,22);2-6H,18H2,(H,20,21);1-2H3. The molecule has 0 unspecified atom stereocenters. The number of nitrogen functional groups attached to an aromatic ring is 1. The number of fused-ring (bicyclic) bond motifs is 2. The molecule has 0 atom stereocenters. The average molecular weight is 847 g/mol. The van der Waals surface area contributed by atoms with Gasteiger partial charge in [0, 0.05) is 85.6 Å². The highest BCUT2D eigenvalue weighted by atomic mass is 35.7. The Bertz CT molecular complexity index is 2870. The van der Waals surface area contributed by atoms with Gasteiger partial charge < -0.3 is 15.7 Å². The van der Waals surface area contributed by atoms with Gasteiger partial charge in [0.15, 0.2) is 11.6 Å². The summed E-state index contributed by atoms with van der Waals surface area (Å²) in [6.07, 6.45) is 5.15. The molecule has 2 aromatic carbocycles. The summed E-state index contributed by atoms with van der Waals surface area (Å²) >= 11 is 0.